The minimum absolute atomic E-state index is 0.565. The third-order valence-electron chi connectivity index (χ3n) is 2.30. The Hall–Kier alpha value is -1.04. The van der Waals surface area contributed by atoms with Gasteiger partial charge >= 0.3 is 0 Å². The van der Waals surface area contributed by atoms with Gasteiger partial charge < -0.3 is 0 Å². The van der Waals surface area contributed by atoms with Gasteiger partial charge in [-0.1, -0.05) is 62.6 Å². The number of benzene rings is 1. The SMILES string of the molecule is C[C@H](C=C=C[Si](C)(C)C)Cc1ccccc1. The van der Waals surface area contributed by atoms with Crippen molar-refractivity contribution in [2.75, 3.05) is 0 Å². The van der Waals surface area contributed by atoms with Crippen LogP contribution in [0.3, 0.4) is 0 Å². The topological polar surface area (TPSA) is 0 Å². The number of hydrogen-bond acceptors (Lipinski definition) is 0. The highest BCUT2D eigenvalue weighted by atomic mass is 28.3. The van der Waals surface area contributed by atoms with Crippen LogP contribution >= 0.6 is 0 Å². The zero-order valence-electron chi connectivity index (χ0n) is 10.8. The normalized spacial score (nSPS) is 12.8. The van der Waals surface area contributed by atoms with E-state index < -0.39 is 8.07 Å². The molecule has 1 rings (SSSR count). The molecule has 0 spiro atoms. The monoisotopic (exact) mass is 230 g/mol. The van der Waals surface area contributed by atoms with Crippen molar-refractivity contribution < 1.29 is 0 Å². The van der Waals surface area contributed by atoms with E-state index >= 15 is 0 Å². The van der Waals surface area contributed by atoms with E-state index in [1.54, 1.807) is 0 Å². The zero-order valence-corrected chi connectivity index (χ0v) is 11.8. The van der Waals surface area contributed by atoms with E-state index in [0.29, 0.717) is 5.92 Å². The molecule has 0 nitrogen and oxygen atoms in total. The Balaban J connectivity index is 2.55. The lowest BCUT2D eigenvalue weighted by Crippen LogP contribution is -2.14. The van der Waals surface area contributed by atoms with Crippen molar-refractivity contribution in [3.05, 3.63) is 53.4 Å². The molecule has 1 aromatic rings. The van der Waals surface area contributed by atoms with E-state index in [1.165, 1.54) is 5.56 Å². The summed E-state index contributed by atoms with van der Waals surface area (Å²) in [6, 6.07) is 10.6. The van der Waals surface area contributed by atoms with Gasteiger partial charge in [0.2, 0.25) is 0 Å². The van der Waals surface area contributed by atoms with Gasteiger partial charge in [-0.3, -0.25) is 0 Å². The second-order valence-electron chi connectivity index (χ2n) is 5.51. The fourth-order valence-electron chi connectivity index (χ4n) is 1.51. The number of hydrogen-bond donors (Lipinski definition) is 0. The Kier molecular flexibility index (Phi) is 4.79. The van der Waals surface area contributed by atoms with Crippen LogP contribution in [0.4, 0.5) is 0 Å². The van der Waals surface area contributed by atoms with Crippen LogP contribution in [0.5, 0.6) is 0 Å². The van der Waals surface area contributed by atoms with Gasteiger partial charge in [0.25, 0.3) is 0 Å². The number of allylic oxidation sites excluding steroid dienone is 1. The van der Waals surface area contributed by atoms with E-state index in [1.807, 2.05) is 0 Å². The van der Waals surface area contributed by atoms with Crippen LogP contribution in [0.15, 0.2) is 47.8 Å². The first-order valence-electron chi connectivity index (χ1n) is 5.95. The predicted octanol–water partition coefficient (Wildman–Crippen LogP) is 4.45. The smallest absolute Gasteiger partial charge is 0.0781 e. The molecular weight excluding hydrogens is 208 g/mol. The predicted molar refractivity (Wildman–Crippen MR) is 75.3 cm³/mol. The molecule has 0 unspecified atom stereocenters. The van der Waals surface area contributed by atoms with Gasteiger partial charge in [0, 0.05) is 0 Å². The highest BCUT2D eigenvalue weighted by Crippen LogP contribution is 2.09. The molecule has 0 aromatic heterocycles. The summed E-state index contributed by atoms with van der Waals surface area (Å²) in [4.78, 5) is 0. The minimum atomic E-state index is -1.08. The van der Waals surface area contributed by atoms with Gasteiger partial charge in [0.05, 0.1) is 8.07 Å². The van der Waals surface area contributed by atoms with Crippen molar-refractivity contribution in [2.24, 2.45) is 5.92 Å². The van der Waals surface area contributed by atoms with Crippen LogP contribution < -0.4 is 0 Å². The molecule has 0 fully saturated rings. The fourth-order valence-corrected chi connectivity index (χ4v) is 2.10. The molecule has 0 amide bonds. The Morgan fingerprint density at radius 2 is 1.81 bits per heavy atom. The van der Waals surface area contributed by atoms with Crippen LogP contribution in [0, 0.1) is 5.92 Å². The molecule has 0 N–H and O–H groups in total. The molecule has 0 bridgehead atoms. The highest BCUT2D eigenvalue weighted by molar-refractivity contribution is 6.80. The summed E-state index contributed by atoms with van der Waals surface area (Å²) < 4.78 is 0. The van der Waals surface area contributed by atoms with Gasteiger partial charge in [-0.2, -0.15) is 0 Å². The minimum Gasteiger partial charge on any atom is -0.134 e. The van der Waals surface area contributed by atoms with Crippen LogP contribution in [0.25, 0.3) is 0 Å². The summed E-state index contributed by atoms with van der Waals surface area (Å²) in [6.45, 7) is 9.24. The van der Waals surface area contributed by atoms with Crippen LogP contribution in [0.1, 0.15) is 12.5 Å². The molecular formula is C15H22Si. The second-order valence-corrected chi connectivity index (χ2v) is 10.5. The van der Waals surface area contributed by atoms with Crippen LogP contribution in [-0.4, -0.2) is 8.07 Å². The van der Waals surface area contributed by atoms with Crippen molar-refractivity contribution in [1.82, 2.24) is 0 Å². The largest absolute Gasteiger partial charge is 0.134 e. The molecule has 0 radical (unpaired) electrons. The highest BCUT2D eigenvalue weighted by Gasteiger charge is 2.06. The zero-order chi connectivity index (χ0) is 12.0. The van der Waals surface area contributed by atoms with Crippen molar-refractivity contribution in [3.63, 3.8) is 0 Å². The van der Waals surface area contributed by atoms with E-state index in [-0.39, 0.29) is 0 Å². The molecule has 0 aliphatic carbocycles. The summed E-state index contributed by atoms with van der Waals surface area (Å²) in [5.41, 5.74) is 7.03. The maximum absolute atomic E-state index is 3.36. The quantitative estimate of drug-likeness (QED) is 0.529. The number of rotatable bonds is 4. The average molecular weight is 230 g/mol. The molecule has 0 saturated carbocycles. The van der Waals surface area contributed by atoms with Crippen molar-refractivity contribution >= 4 is 8.07 Å². The summed E-state index contributed by atoms with van der Waals surface area (Å²) in [7, 11) is -1.08. The average Bonchev–Trinajstić information content (AvgIpc) is 2.17. The molecule has 86 valence electrons. The summed E-state index contributed by atoms with van der Waals surface area (Å²) >= 11 is 0. The molecule has 0 aliphatic rings. The van der Waals surface area contributed by atoms with E-state index in [4.69, 9.17) is 0 Å². The maximum Gasteiger partial charge on any atom is 0.0781 e. The Bertz CT molecular complexity index is 364. The molecule has 1 atom stereocenters. The van der Waals surface area contributed by atoms with Gasteiger partial charge in [-0.25, -0.2) is 0 Å². The molecule has 1 aromatic carbocycles. The first kappa shape index (κ1) is 13.0. The standard InChI is InChI=1S/C15H22Si/c1-14(9-8-12-16(2,3)4)13-15-10-6-5-7-11-15/h5-7,9-12,14H,13H2,1-4H3/t8?,14-/m1/s1. The fraction of sp³-hybridized carbons (Fsp3) is 0.400. The molecule has 16 heavy (non-hydrogen) atoms. The second kappa shape index (κ2) is 5.88. The lowest BCUT2D eigenvalue weighted by atomic mass is 10.0. The van der Waals surface area contributed by atoms with Gasteiger partial charge in [0.1, 0.15) is 0 Å². The van der Waals surface area contributed by atoms with Crippen molar-refractivity contribution in [3.8, 4) is 0 Å². The Morgan fingerprint density at radius 1 is 1.19 bits per heavy atom. The molecule has 0 saturated heterocycles. The van der Waals surface area contributed by atoms with E-state index in [2.05, 4.69) is 74.4 Å². The summed E-state index contributed by atoms with van der Waals surface area (Å²) in [6.07, 6.45) is 3.30. The lowest BCUT2D eigenvalue weighted by Gasteiger charge is -2.06. The first-order valence-corrected chi connectivity index (χ1v) is 9.53. The Labute approximate surface area is 101 Å². The van der Waals surface area contributed by atoms with Gasteiger partial charge in [0.15, 0.2) is 0 Å². The lowest BCUT2D eigenvalue weighted by molar-refractivity contribution is 0.725. The van der Waals surface area contributed by atoms with Gasteiger partial charge in [-0.15, -0.1) is 5.73 Å². The first-order chi connectivity index (χ1) is 7.47. The van der Waals surface area contributed by atoms with Crippen molar-refractivity contribution in [1.29, 1.82) is 0 Å². The Morgan fingerprint density at radius 3 is 2.38 bits per heavy atom. The summed E-state index contributed by atoms with van der Waals surface area (Å²) in [5, 5.41) is 0. The third kappa shape index (κ3) is 5.74. The third-order valence-corrected chi connectivity index (χ3v) is 3.33. The van der Waals surface area contributed by atoms with Crippen LogP contribution in [-0.2, 0) is 6.42 Å². The van der Waals surface area contributed by atoms with E-state index in [9.17, 15) is 0 Å². The molecule has 0 aliphatic heterocycles. The van der Waals surface area contributed by atoms with Crippen LogP contribution in [0.2, 0.25) is 19.6 Å². The van der Waals surface area contributed by atoms with E-state index in [0.717, 1.165) is 6.42 Å². The van der Waals surface area contributed by atoms with Crippen molar-refractivity contribution in [2.45, 2.75) is 33.0 Å². The summed E-state index contributed by atoms with van der Waals surface area (Å²) in [5.74, 6) is 0.565. The van der Waals surface area contributed by atoms with Gasteiger partial charge in [-0.05, 0) is 24.0 Å². The molecule has 0 heterocycles. The maximum atomic E-state index is 3.36. The molecule has 1 heteroatoms.